The Kier molecular flexibility index (Phi) is 3.99. The van der Waals surface area contributed by atoms with Crippen molar-refractivity contribution in [2.75, 3.05) is 13.1 Å². The molecule has 1 aliphatic heterocycles. The molecule has 1 atom stereocenters. The molecule has 0 spiro atoms. The van der Waals surface area contributed by atoms with E-state index in [0.717, 1.165) is 35.6 Å². The minimum absolute atomic E-state index is 0.381. The van der Waals surface area contributed by atoms with Crippen LogP contribution in [0.5, 0.6) is 0 Å². The quantitative estimate of drug-likeness (QED) is 0.932. The fourth-order valence-corrected chi connectivity index (χ4v) is 3.47. The molecule has 0 aliphatic carbocycles. The molecule has 2 aromatic rings. The average Bonchev–Trinajstić information content (AvgIpc) is 2.79. The summed E-state index contributed by atoms with van der Waals surface area (Å²) < 4.78 is 2.31. The number of aromatic nitrogens is 2. The minimum Gasteiger partial charge on any atom is -0.324 e. The molecule has 1 N–H and O–H groups in total. The van der Waals surface area contributed by atoms with Gasteiger partial charge in [-0.15, -0.1) is 0 Å². The van der Waals surface area contributed by atoms with Gasteiger partial charge in [0.25, 0.3) is 0 Å². The summed E-state index contributed by atoms with van der Waals surface area (Å²) in [5.74, 6) is 1.87. The molecular weight excluding hydrogens is 270 g/mol. The van der Waals surface area contributed by atoms with Gasteiger partial charge in [0.05, 0.1) is 16.1 Å². The van der Waals surface area contributed by atoms with Gasteiger partial charge in [0.1, 0.15) is 5.82 Å². The number of piperidine rings is 1. The summed E-state index contributed by atoms with van der Waals surface area (Å²) in [6, 6.07) is 6.37. The number of halogens is 1. The van der Waals surface area contributed by atoms with Gasteiger partial charge in [-0.1, -0.05) is 17.7 Å². The van der Waals surface area contributed by atoms with Crippen molar-refractivity contribution in [3.63, 3.8) is 0 Å². The zero-order valence-corrected chi connectivity index (χ0v) is 13.0. The Morgan fingerprint density at radius 3 is 3.00 bits per heavy atom. The summed E-state index contributed by atoms with van der Waals surface area (Å²) >= 11 is 6.39. The van der Waals surface area contributed by atoms with Crippen LogP contribution in [0.3, 0.4) is 0 Å². The first-order chi connectivity index (χ1) is 9.66. The molecule has 20 heavy (non-hydrogen) atoms. The SMILES string of the molecule is CC(C)n1c(CC2CCCNC2)nc2cccc(Cl)c21. The van der Waals surface area contributed by atoms with Gasteiger partial charge in [-0.25, -0.2) is 4.98 Å². The van der Waals surface area contributed by atoms with Crippen LogP contribution in [0.4, 0.5) is 0 Å². The predicted molar refractivity (Wildman–Crippen MR) is 84.4 cm³/mol. The van der Waals surface area contributed by atoms with Gasteiger partial charge in [0, 0.05) is 12.5 Å². The Morgan fingerprint density at radius 2 is 2.30 bits per heavy atom. The fourth-order valence-electron chi connectivity index (χ4n) is 3.21. The number of rotatable bonds is 3. The van der Waals surface area contributed by atoms with E-state index in [4.69, 9.17) is 16.6 Å². The molecule has 0 amide bonds. The summed E-state index contributed by atoms with van der Waals surface area (Å²) in [6.07, 6.45) is 3.60. The van der Waals surface area contributed by atoms with Crippen LogP contribution >= 0.6 is 11.6 Å². The highest BCUT2D eigenvalue weighted by molar-refractivity contribution is 6.35. The Balaban J connectivity index is 2.01. The van der Waals surface area contributed by atoms with Crippen LogP contribution in [0.25, 0.3) is 11.0 Å². The molecule has 1 fully saturated rings. The minimum atomic E-state index is 0.381. The molecule has 0 radical (unpaired) electrons. The highest BCUT2D eigenvalue weighted by atomic mass is 35.5. The van der Waals surface area contributed by atoms with E-state index in [1.165, 1.54) is 18.7 Å². The summed E-state index contributed by atoms with van der Waals surface area (Å²) in [4.78, 5) is 4.84. The van der Waals surface area contributed by atoms with Gasteiger partial charge >= 0.3 is 0 Å². The fraction of sp³-hybridized carbons (Fsp3) is 0.562. The first-order valence-corrected chi connectivity index (χ1v) is 7.90. The van der Waals surface area contributed by atoms with Crippen LogP contribution in [0, 0.1) is 5.92 Å². The molecule has 3 nitrogen and oxygen atoms in total. The standard InChI is InChI=1S/C16H22ClN3/c1-11(2)20-15(9-12-5-4-8-18-10-12)19-14-7-3-6-13(17)16(14)20/h3,6-7,11-12,18H,4-5,8-10H2,1-2H3. The summed E-state index contributed by atoms with van der Waals surface area (Å²) in [6.45, 7) is 6.66. The molecule has 1 unspecified atom stereocenters. The number of imidazole rings is 1. The van der Waals surface area contributed by atoms with Gasteiger partial charge in [-0.3, -0.25) is 0 Å². The number of hydrogen-bond acceptors (Lipinski definition) is 2. The molecule has 1 aromatic carbocycles. The largest absolute Gasteiger partial charge is 0.324 e. The number of benzene rings is 1. The molecule has 1 saturated heterocycles. The van der Waals surface area contributed by atoms with Crippen molar-refractivity contribution in [3.8, 4) is 0 Å². The summed E-state index contributed by atoms with van der Waals surface area (Å²) in [5.41, 5.74) is 2.10. The number of hydrogen-bond donors (Lipinski definition) is 1. The number of nitrogens with zero attached hydrogens (tertiary/aromatic N) is 2. The predicted octanol–water partition coefficient (Wildman–Crippen LogP) is 3.81. The number of para-hydroxylation sites is 1. The van der Waals surface area contributed by atoms with Crippen LogP contribution < -0.4 is 5.32 Å². The molecular formula is C16H22ClN3. The van der Waals surface area contributed by atoms with E-state index in [2.05, 4.69) is 29.8 Å². The normalized spacial score (nSPS) is 19.9. The second-order valence-electron chi connectivity index (χ2n) is 6.02. The van der Waals surface area contributed by atoms with Crippen molar-refractivity contribution in [2.24, 2.45) is 5.92 Å². The monoisotopic (exact) mass is 291 g/mol. The maximum absolute atomic E-state index is 6.39. The first kappa shape index (κ1) is 13.9. The highest BCUT2D eigenvalue weighted by Gasteiger charge is 2.20. The van der Waals surface area contributed by atoms with E-state index in [1.54, 1.807) is 0 Å². The van der Waals surface area contributed by atoms with E-state index in [9.17, 15) is 0 Å². The first-order valence-electron chi connectivity index (χ1n) is 7.53. The van der Waals surface area contributed by atoms with Crippen molar-refractivity contribution in [1.82, 2.24) is 14.9 Å². The third-order valence-electron chi connectivity index (χ3n) is 4.12. The molecule has 3 rings (SSSR count). The van der Waals surface area contributed by atoms with E-state index < -0.39 is 0 Å². The molecule has 2 heterocycles. The van der Waals surface area contributed by atoms with E-state index in [-0.39, 0.29) is 0 Å². The average molecular weight is 292 g/mol. The summed E-state index contributed by atoms with van der Waals surface area (Å²) in [5, 5.41) is 4.29. The second-order valence-corrected chi connectivity index (χ2v) is 6.42. The van der Waals surface area contributed by atoms with Crippen LogP contribution in [0.1, 0.15) is 38.6 Å². The Morgan fingerprint density at radius 1 is 1.45 bits per heavy atom. The highest BCUT2D eigenvalue weighted by Crippen LogP contribution is 2.29. The van der Waals surface area contributed by atoms with Crippen molar-refractivity contribution in [1.29, 1.82) is 0 Å². The van der Waals surface area contributed by atoms with Crippen molar-refractivity contribution in [2.45, 2.75) is 39.2 Å². The van der Waals surface area contributed by atoms with Crippen molar-refractivity contribution >= 4 is 22.6 Å². The Hall–Kier alpha value is -1.06. The lowest BCUT2D eigenvalue weighted by Crippen LogP contribution is -2.31. The topological polar surface area (TPSA) is 29.9 Å². The molecule has 108 valence electrons. The van der Waals surface area contributed by atoms with E-state index >= 15 is 0 Å². The molecule has 1 aromatic heterocycles. The van der Waals surface area contributed by atoms with Gasteiger partial charge in [-0.05, 0) is 57.8 Å². The van der Waals surface area contributed by atoms with E-state index in [1.807, 2.05) is 12.1 Å². The lowest BCUT2D eigenvalue weighted by Gasteiger charge is -2.23. The third-order valence-corrected chi connectivity index (χ3v) is 4.43. The van der Waals surface area contributed by atoms with Crippen molar-refractivity contribution in [3.05, 3.63) is 29.0 Å². The van der Waals surface area contributed by atoms with Crippen LogP contribution in [-0.2, 0) is 6.42 Å². The van der Waals surface area contributed by atoms with Gasteiger partial charge in [-0.2, -0.15) is 0 Å². The molecule has 0 bridgehead atoms. The zero-order chi connectivity index (χ0) is 14.1. The van der Waals surface area contributed by atoms with Crippen LogP contribution in [0.2, 0.25) is 5.02 Å². The lowest BCUT2D eigenvalue weighted by atomic mass is 9.96. The number of nitrogens with one attached hydrogen (secondary N) is 1. The van der Waals surface area contributed by atoms with Gasteiger partial charge in [0.2, 0.25) is 0 Å². The van der Waals surface area contributed by atoms with Crippen molar-refractivity contribution < 1.29 is 0 Å². The van der Waals surface area contributed by atoms with Gasteiger partial charge in [0.15, 0.2) is 0 Å². The molecule has 4 heteroatoms. The maximum Gasteiger partial charge on any atom is 0.110 e. The molecule has 0 saturated carbocycles. The Bertz CT molecular complexity index is 597. The van der Waals surface area contributed by atoms with E-state index in [0.29, 0.717) is 12.0 Å². The third kappa shape index (κ3) is 2.57. The van der Waals surface area contributed by atoms with Gasteiger partial charge < -0.3 is 9.88 Å². The van der Waals surface area contributed by atoms with Crippen LogP contribution in [0.15, 0.2) is 18.2 Å². The lowest BCUT2D eigenvalue weighted by molar-refractivity contribution is 0.364. The zero-order valence-electron chi connectivity index (χ0n) is 12.2. The molecule has 1 aliphatic rings. The van der Waals surface area contributed by atoms with Crippen LogP contribution in [-0.4, -0.2) is 22.6 Å². The maximum atomic E-state index is 6.39. The number of fused-ring (bicyclic) bond motifs is 1. The smallest absolute Gasteiger partial charge is 0.110 e. The summed E-state index contributed by atoms with van der Waals surface area (Å²) in [7, 11) is 0. The second kappa shape index (κ2) is 5.74. The Labute approximate surface area is 125 Å².